The van der Waals surface area contributed by atoms with Gasteiger partial charge in [-0.25, -0.2) is 0 Å². The zero-order valence-electron chi connectivity index (χ0n) is 11.8. The molecule has 1 heterocycles. The lowest BCUT2D eigenvalue weighted by molar-refractivity contribution is -0.114. The molecule has 0 atom stereocenters. The molecule has 3 rings (SSSR count). The zero-order chi connectivity index (χ0) is 15.7. The maximum Gasteiger partial charge on any atom is 0.280 e. The molecule has 0 spiro atoms. The molecule has 2 aromatic carbocycles. The topological polar surface area (TPSA) is 52.9 Å². The molecule has 1 amide bonds. The average molecular weight is 313 g/mol. The van der Waals surface area contributed by atoms with Gasteiger partial charge in [0, 0.05) is 5.02 Å². The molecule has 0 bridgehead atoms. The molecule has 1 aliphatic heterocycles. The van der Waals surface area contributed by atoms with Crippen molar-refractivity contribution in [3.8, 4) is 5.75 Å². The Morgan fingerprint density at radius 1 is 1.18 bits per heavy atom. The van der Waals surface area contributed by atoms with Crippen molar-refractivity contribution in [1.82, 2.24) is 0 Å². The van der Waals surface area contributed by atoms with Gasteiger partial charge in [-0.3, -0.25) is 4.79 Å². The summed E-state index contributed by atoms with van der Waals surface area (Å²) in [4.78, 5) is 12.5. The van der Waals surface area contributed by atoms with Crippen LogP contribution in [0.2, 0.25) is 5.02 Å². The summed E-state index contributed by atoms with van der Waals surface area (Å²) in [5.41, 5.74) is 2.61. The van der Waals surface area contributed by atoms with E-state index in [1.54, 1.807) is 61.5 Å². The highest BCUT2D eigenvalue weighted by Gasteiger charge is 2.28. The second kappa shape index (κ2) is 5.66. The number of carbonyl (C=O) groups is 1. The molecule has 1 N–H and O–H groups in total. The second-order valence-electron chi connectivity index (χ2n) is 4.93. The molecule has 0 saturated heterocycles. The molecule has 1 aliphatic rings. The minimum Gasteiger partial charge on any atom is -0.508 e. The number of benzene rings is 2. The maximum atomic E-state index is 12.5. The van der Waals surface area contributed by atoms with E-state index in [-0.39, 0.29) is 11.7 Å². The van der Waals surface area contributed by atoms with Gasteiger partial charge >= 0.3 is 0 Å². The smallest absolute Gasteiger partial charge is 0.280 e. The van der Waals surface area contributed by atoms with Gasteiger partial charge in [-0.1, -0.05) is 29.8 Å². The lowest BCUT2D eigenvalue weighted by Crippen LogP contribution is -2.21. The Bertz CT molecular complexity index is 795. The monoisotopic (exact) mass is 312 g/mol. The van der Waals surface area contributed by atoms with Gasteiger partial charge in [0.15, 0.2) is 0 Å². The van der Waals surface area contributed by atoms with E-state index in [0.29, 0.717) is 22.0 Å². The number of phenols is 1. The highest BCUT2D eigenvalue weighted by Crippen LogP contribution is 2.27. The summed E-state index contributed by atoms with van der Waals surface area (Å²) in [5.74, 6) is -0.0151. The van der Waals surface area contributed by atoms with E-state index < -0.39 is 0 Å². The van der Waals surface area contributed by atoms with Crippen LogP contribution in [0.5, 0.6) is 5.75 Å². The van der Waals surface area contributed by atoms with Gasteiger partial charge in [0.25, 0.3) is 5.91 Å². The van der Waals surface area contributed by atoms with E-state index in [1.165, 1.54) is 5.01 Å². The first kappa shape index (κ1) is 14.4. The zero-order valence-corrected chi connectivity index (χ0v) is 12.6. The number of amides is 1. The van der Waals surface area contributed by atoms with E-state index in [1.807, 2.05) is 0 Å². The Labute approximate surface area is 133 Å². The number of nitrogens with zero attached hydrogens (tertiary/aromatic N) is 2. The van der Waals surface area contributed by atoms with Gasteiger partial charge < -0.3 is 5.11 Å². The third-order valence-corrected chi connectivity index (χ3v) is 3.55. The van der Waals surface area contributed by atoms with Crippen LogP contribution in [0.25, 0.3) is 6.08 Å². The second-order valence-corrected chi connectivity index (χ2v) is 5.37. The molecule has 2 aromatic rings. The van der Waals surface area contributed by atoms with E-state index in [9.17, 15) is 9.90 Å². The van der Waals surface area contributed by atoms with Crippen LogP contribution in [0.4, 0.5) is 5.69 Å². The van der Waals surface area contributed by atoms with Crippen LogP contribution in [0.15, 0.2) is 59.2 Å². The highest BCUT2D eigenvalue weighted by atomic mass is 35.5. The largest absolute Gasteiger partial charge is 0.508 e. The molecule has 0 aliphatic carbocycles. The van der Waals surface area contributed by atoms with Gasteiger partial charge in [-0.15, -0.1) is 0 Å². The molecule has 5 heteroatoms. The lowest BCUT2D eigenvalue weighted by Gasteiger charge is -2.11. The van der Waals surface area contributed by atoms with Gasteiger partial charge in [0.2, 0.25) is 0 Å². The Morgan fingerprint density at radius 3 is 2.59 bits per heavy atom. The molecule has 0 saturated carbocycles. The van der Waals surface area contributed by atoms with Gasteiger partial charge in [0.1, 0.15) is 5.75 Å². The third kappa shape index (κ3) is 2.73. The van der Waals surface area contributed by atoms with Crippen LogP contribution in [0.1, 0.15) is 12.5 Å². The normalized spacial score (nSPS) is 16.3. The van der Waals surface area contributed by atoms with Gasteiger partial charge in [-0.2, -0.15) is 10.1 Å². The number of aromatic hydroxyl groups is 1. The van der Waals surface area contributed by atoms with Crippen LogP contribution in [0.3, 0.4) is 0 Å². The highest BCUT2D eigenvalue weighted by molar-refractivity contribution is 6.33. The predicted octanol–water partition coefficient (Wildman–Crippen LogP) is 3.85. The van der Waals surface area contributed by atoms with Crippen molar-refractivity contribution in [3.63, 3.8) is 0 Å². The molecule has 22 heavy (non-hydrogen) atoms. The van der Waals surface area contributed by atoms with Crippen molar-refractivity contribution >= 4 is 35.0 Å². The summed E-state index contributed by atoms with van der Waals surface area (Å²) >= 11 is 5.96. The van der Waals surface area contributed by atoms with Crippen LogP contribution < -0.4 is 5.01 Å². The van der Waals surface area contributed by atoms with E-state index >= 15 is 0 Å². The van der Waals surface area contributed by atoms with Crippen molar-refractivity contribution in [3.05, 3.63) is 64.7 Å². The van der Waals surface area contributed by atoms with Crippen molar-refractivity contribution in [2.75, 3.05) is 5.01 Å². The molecule has 0 fully saturated rings. The Balaban J connectivity index is 1.94. The molecule has 0 aromatic heterocycles. The first-order chi connectivity index (χ1) is 10.5. The lowest BCUT2D eigenvalue weighted by atomic mass is 10.1. The molecular weight excluding hydrogens is 300 g/mol. The predicted molar refractivity (Wildman–Crippen MR) is 88.1 cm³/mol. The minimum absolute atomic E-state index is 0.186. The van der Waals surface area contributed by atoms with Crippen LogP contribution in [-0.4, -0.2) is 16.7 Å². The summed E-state index contributed by atoms with van der Waals surface area (Å²) in [6.07, 6.45) is 1.76. The number of carbonyl (C=O) groups excluding carboxylic acids is 1. The summed E-state index contributed by atoms with van der Waals surface area (Å²) < 4.78 is 0. The first-order valence-electron chi connectivity index (χ1n) is 6.71. The van der Waals surface area contributed by atoms with Crippen molar-refractivity contribution < 1.29 is 9.90 Å². The number of hydrogen-bond acceptors (Lipinski definition) is 3. The maximum absolute atomic E-state index is 12.5. The quantitative estimate of drug-likeness (QED) is 0.856. The molecule has 0 radical (unpaired) electrons. The summed E-state index contributed by atoms with van der Waals surface area (Å²) in [6, 6.07) is 13.6. The summed E-state index contributed by atoms with van der Waals surface area (Å²) in [5, 5.41) is 15.5. The third-order valence-electron chi connectivity index (χ3n) is 3.32. The van der Waals surface area contributed by atoms with Gasteiger partial charge in [0.05, 0.1) is 17.0 Å². The molecule has 4 nitrogen and oxygen atoms in total. The van der Waals surface area contributed by atoms with Crippen molar-refractivity contribution in [1.29, 1.82) is 0 Å². The van der Waals surface area contributed by atoms with Crippen molar-refractivity contribution in [2.45, 2.75) is 6.92 Å². The summed E-state index contributed by atoms with van der Waals surface area (Å²) in [7, 11) is 0. The van der Waals surface area contributed by atoms with E-state index in [2.05, 4.69) is 5.10 Å². The number of phenolic OH excluding ortho intramolecular Hbond substituents is 1. The van der Waals surface area contributed by atoms with Gasteiger partial charge in [-0.05, 0) is 48.9 Å². The molecule has 0 unspecified atom stereocenters. The number of halogens is 1. The Morgan fingerprint density at radius 2 is 1.91 bits per heavy atom. The Kier molecular flexibility index (Phi) is 3.69. The standard InChI is InChI=1S/C17H13ClN2O2/c1-11-16(9-12-5-7-15(21)8-6-12)17(22)20(19-11)14-4-2-3-13(18)10-14/h2-10,21H,1H3/b16-9+. The van der Waals surface area contributed by atoms with Crippen LogP contribution in [0, 0.1) is 0 Å². The number of hydrazone groups is 1. The SMILES string of the molecule is CC1=NN(c2cccc(Cl)c2)C(=O)/C1=C/c1ccc(O)cc1. The van der Waals surface area contributed by atoms with Crippen molar-refractivity contribution in [2.24, 2.45) is 5.10 Å². The van der Waals surface area contributed by atoms with E-state index in [0.717, 1.165) is 5.56 Å². The number of anilines is 1. The fourth-order valence-corrected chi connectivity index (χ4v) is 2.39. The average Bonchev–Trinajstić information content (AvgIpc) is 2.77. The Hall–Kier alpha value is -2.59. The number of rotatable bonds is 2. The molecular formula is C17H13ClN2O2. The molecule has 110 valence electrons. The number of hydrogen-bond donors (Lipinski definition) is 1. The fraction of sp³-hybridized carbons (Fsp3) is 0.0588. The first-order valence-corrected chi connectivity index (χ1v) is 7.09. The fourth-order valence-electron chi connectivity index (χ4n) is 2.20. The van der Waals surface area contributed by atoms with Crippen LogP contribution in [-0.2, 0) is 4.79 Å². The van der Waals surface area contributed by atoms with Crippen LogP contribution >= 0.6 is 11.6 Å². The summed E-state index contributed by atoms with van der Waals surface area (Å²) in [6.45, 7) is 1.79. The van der Waals surface area contributed by atoms with E-state index in [4.69, 9.17) is 11.6 Å². The minimum atomic E-state index is -0.201.